The highest BCUT2D eigenvalue weighted by Crippen LogP contribution is 2.42. The van der Waals surface area contributed by atoms with Crippen molar-refractivity contribution < 1.29 is 0 Å². The molecule has 1 aromatic heterocycles. The summed E-state index contributed by atoms with van der Waals surface area (Å²) < 4.78 is 3.24. The number of aromatic nitrogens is 2. The molecule has 0 bridgehead atoms. The van der Waals surface area contributed by atoms with Gasteiger partial charge in [0.2, 0.25) is 0 Å². The number of thioether (sulfide) groups is 1. The van der Waals surface area contributed by atoms with Crippen molar-refractivity contribution >= 4 is 43.6 Å². The predicted octanol–water partition coefficient (Wildman–Crippen LogP) is 6.20. The van der Waals surface area contributed by atoms with Crippen molar-refractivity contribution in [3.8, 4) is 0 Å². The van der Waals surface area contributed by atoms with Gasteiger partial charge in [-0.05, 0) is 29.9 Å². The van der Waals surface area contributed by atoms with E-state index >= 15 is 0 Å². The monoisotopic (exact) mass is 430 g/mol. The minimum atomic E-state index is 0.216. The fraction of sp³-hybridized carbons (Fsp3) is 0.438. The average molecular weight is 432 g/mol. The highest BCUT2D eigenvalue weighted by molar-refractivity contribution is 9.10. The van der Waals surface area contributed by atoms with Crippen LogP contribution in [-0.4, -0.2) is 15.3 Å². The maximum absolute atomic E-state index is 4.16. The van der Waals surface area contributed by atoms with Crippen molar-refractivity contribution in [3.05, 3.63) is 53.0 Å². The molecule has 114 valence electrons. The molecule has 5 heteroatoms. The molecular weight excluding hydrogens is 412 g/mol. The molecule has 2 unspecified atom stereocenters. The second-order valence-corrected chi connectivity index (χ2v) is 8.04. The summed E-state index contributed by atoms with van der Waals surface area (Å²) in [4.78, 5) is 4.37. The molecule has 0 fully saturated rings. The lowest BCUT2D eigenvalue weighted by Crippen LogP contribution is -2.09. The Morgan fingerprint density at radius 2 is 2.00 bits per heavy atom. The van der Waals surface area contributed by atoms with Gasteiger partial charge in [-0.3, -0.25) is 0 Å². The third kappa shape index (κ3) is 5.15. The molecule has 0 amide bonds. The highest BCUT2D eigenvalue weighted by atomic mass is 79.9. The SMILES string of the molecule is CCCCCSC(c1ccc(Br)cc1)C(Br)n1ccnc1. The predicted molar refractivity (Wildman–Crippen MR) is 99.1 cm³/mol. The molecule has 0 N–H and O–H groups in total. The lowest BCUT2D eigenvalue weighted by molar-refractivity contribution is 0.673. The minimum absolute atomic E-state index is 0.216. The standard InChI is InChI=1S/C16H20Br2N2S/c1-2-3-4-11-21-15(13-5-7-14(17)8-6-13)16(18)20-10-9-19-12-20/h5-10,12,15-16H,2-4,11H2,1H3. The Labute approximate surface area is 148 Å². The van der Waals surface area contributed by atoms with Crippen LogP contribution in [-0.2, 0) is 0 Å². The van der Waals surface area contributed by atoms with Gasteiger partial charge in [-0.2, -0.15) is 11.8 Å². The molecule has 0 aliphatic carbocycles. The Morgan fingerprint density at radius 1 is 1.24 bits per heavy atom. The van der Waals surface area contributed by atoms with Gasteiger partial charge in [0.25, 0.3) is 0 Å². The van der Waals surface area contributed by atoms with Crippen LogP contribution in [0.25, 0.3) is 0 Å². The van der Waals surface area contributed by atoms with Gasteiger partial charge in [-0.15, -0.1) is 0 Å². The number of unbranched alkanes of at least 4 members (excludes halogenated alkanes) is 2. The molecule has 0 aliphatic heterocycles. The number of nitrogens with zero attached hydrogens (tertiary/aromatic N) is 2. The van der Waals surface area contributed by atoms with Gasteiger partial charge in [0, 0.05) is 16.9 Å². The fourth-order valence-electron chi connectivity index (χ4n) is 2.12. The smallest absolute Gasteiger partial charge is 0.106 e. The number of benzene rings is 1. The van der Waals surface area contributed by atoms with Gasteiger partial charge in [-0.1, -0.05) is 63.8 Å². The van der Waals surface area contributed by atoms with Gasteiger partial charge in [-0.25, -0.2) is 4.98 Å². The Bertz CT molecular complexity index is 514. The van der Waals surface area contributed by atoms with Crippen LogP contribution in [0.15, 0.2) is 47.5 Å². The molecule has 0 radical (unpaired) electrons. The number of alkyl halides is 1. The van der Waals surface area contributed by atoms with Gasteiger partial charge >= 0.3 is 0 Å². The van der Waals surface area contributed by atoms with E-state index in [1.54, 1.807) is 0 Å². The molecule has 0 saturated heterocycles. The van der Waals surface area contributed by atoms with Crippen LogP contribution in [0.4, 0.5) is 0 Å². The van der Waals surface area contributed by atoms with Crippen molar-refractivity contribution in [2.45, 2.75) is 36.4 Å². The molecule has 0 spiro atoms. The van der Waals surface area contributed by atoms with E-state index in [0.29, 0.717) is 5.25 Å². The molecule has 2 nitrogen and oxygen atoms in total. The average Bonchev–Trinajstić information content (AvgIpc) is 3.02. The lowest BCUT2D eigenvalue weighted by Gasteiger charge is -2.24. The largest absolute Gasteiger partial charge is 0.323 e. The van der Waals surface area contributed by atoms with Crippen LogP contribution in [0.3, 0.4) is 0 Å². The third-order valence-electron chi connectivity index (χ3n) is 3.30. The van der Waals surface area contributed by atoms with Gasteiger partial charge < -0.3 is 4.57 Å². The first-order valence-electron chi connectivity index (χ1n) is 7.21. The van der Waals surface area contributed by atoms with Crippen molar-refractivity contribution in [1.82, 2.24) is 9.55 Å². The Hall–Kier alpha value is -0.260. The topological polar surface area (TPSA) is 17.8 Å². The summed E-state index contributed by atoms with van der Waals surface area (Å²) in [5.74, 6) is 1.19. The first kappa shape index (κ1) is 17.1. The summed E-state index contributed by atoms with van der Waals surface area (Å²) in [5, 5.41) is 0.379. The van der Waals surface area contributed by atoms with Crippen molar-refractivity contribution in [2.24, 2.45) is 0 Å². The Balaban J connectivity index is 2.11. The highest BCUT2D eigenvalue weighted by Gasteiger charge is 2.22. The summed E-state index contributed by atoms with van der Waals surface area (Å²) in [5.41, 5.74) is 1.34. The van der Waals surface area contributed by atoms with Crippen LogP contribution in [0.1, 0.15) is 42.0 Å². The van der Waals surface area contributed by atoms with Gasteiger partial charge in [0.05, 0.1) is 11.6 Å². The summed E-state index contributed by atoms with van der Waals surface area (Å²) in [6.45, 7) is 2.25. The Kier molecular flexibility index (Phi) is 7.34. The van der Waals surface area contributed by atoms with Crippen molar-refractivity contribution in [1.29, 1.82) is 0 Å². The van der Waals surface area contributed by atoms with E-state index in [4.69, 9.17) is 0 Å². The molecule has 0 saturated carbocycles. The van der Waals surface area contributed by atoms with E-state index in [-0.39, 0.29) is 4.95 Å². The fourth-order valence-corrected chi connectivity index (χ4v) is 4.66. The molecule has 2 rings (SSSR count). The van der Waals surface area contributed by atoms with E-state index in [0.717, 1.165) is 4.47 Å². The maximum Gasteiger partial charge on any atom is 0.106 e. The van der Waals surface area contributed by atoms with E-state index in [2.05, 4.69) is 72.6 Å². The van der Waals surface area contributed by atoms with Crippen LogP contribution >= 0.6 is 43.6 Å². The first-order valence-corrected chi connectivity index (χ1v) is 9.96. The second kappa shape index (κ2) is 9.01. The number of rotatable bonds is 8. The summed E-state index contributed by atoms with van der Waals surface area (Å²) in [7, 11) is 0. The third-order valence-corrected chi connectivity index (χ3v) is 6.60. The van der Waals surface area contributed by atoms with E-state index in [9.17, 15) is 0 Å². The number of hydrogen-bond donors (Lipinski definition) is 0. The normalized spacial score (nSPS) is 14.0. The quantitative estimate of drug-likeness (QED) is 0.365. The zero-order valence-corrected chi connectivity index (χ0v) is 16.1. The van der Waals surface area contributed by atoms with Crippen LogP contribution < -0.4 is 0 Å². The summed E-state index contributed by atoms with van der Waals surface area (Å²) in [6, 6.07) is 8.63. The number of hydrogen-bond acceptors (Lipinski definition) is 2. The maximum atomic E-state index is 4.16. The van der Waals surface area contributed by atoms with Crippen LogP contribution in [0.5, 0.6) is 0 Å². The van der Waals surface area contributed by atoms with Gasteiger partial charge in [0.1, 0.15) is 4.95 Å². The number of imidazole rings is 1. The molecule has 1 heterocycles. The van der Waals surface area contributed by atoms with Crippen LogP contribution in [0.2, 0.25) is 0 Å². The van der Waals surface area contributed by atoms with Crippen LogP contribution in [0, 0.1) is 0 Å². The molecular formula is C16H20Br2N2S. The minimum Gasteiger partial charge on any atom is -0.323 e. The van der Waals surface area contributed by atoms with Crippen molar-refractivity contribution in [3.63, 3.8) is 0 Å². The van der Waals surface area contributed by atoms with Crippen molar-refractivity contribution in [2.75, 3.05) is 5.75 Å². The Morgan fingerprint density at radius 3 is 2.62 bits per heavy atom. The molecule has 2 aromatic rings. The summed E-state index contributed by atoms with van der Waals surface area (Å²) >= 11 is 9.37. The molecule has 2 atom stereocenters. The first-order chi connectivity index (χ1) is 10.2. The van der Waals surface area contributed by atoms with E-state index < -0.39 is 0 Å². The zero-order valence-electron chi connectivity index (χ0n) is 12.1. The molecule has 21 heavy (non-hydrogen) atoms. The second-order valence-electron chi connectivity index (χ2n) is 4.93. The van der Waals surface area contributed by atoms with Gasteiger partial charge in [0.15, 0.2) is 0 Å². The molecule has 1 aromatic carbocycles. The lowest BCUT2D eigenvalue weighted by atomic mass is 10.1. The van der Waals surface area contributed by atoms with E-state index in [1.165, 1.54) is 30.6 Å². The molecule has 0 aliphatic rings. The zero-order chi connectivity index (χ0) is 15.1. The number of halogens is 2. The summed E-state index contributed by atoms with van der Waals surface area (Å²) in [6.07, 6.45) is 9.56. The van der Waals surface area contributed by atoms with E-state index in [1.807, 2.05) is 30.5 Å².